The van der Waals surface area contributed by atoms with Crippen molar-refractivity contribution in [2.24, 2.45) is 5.92 Å². The lowest BCUT2D eigenvalue weighted by molar-refractivity contribution is 0.0248. The Hall–Kier alpha value is -1.88. The van der Waals surface area contributed by atoms with Crippen molar-refractivity contribution in [2.45, 2.75) is 38.3 Å². The van der Waals surface area contributed by atoms with Crippen LogP contribution in [0.3, 0.4) is 0 Å². The molecular formula is C17H22N2O3. The molecule has 2 amide bonds. The monoisotopic (exact) mass is 302 g/mol. The van der Waals surface area contributed by atoms with E-state index < -0.39 is 6.10 Å². The molecule has 5 nitrogen and oxygen atoms in total. The zero-order valence-corrected chi connectivity index (χ0v) is 12.8. The van der Waals surface area contributed by atoms with Crippen LogP contribution in [0.4, 0.5) is 0 Å². The van der Waals surface area contributed by atoms with Gasteiger partial charge >= 0.3 is 0 Å². The maximum absolute atomic E-state index is 12.4. The number of amides is 2. The van der Waals surface area contributed by atoms with Crippen LogP contribution in [0.2, 0.25) is 0 Å². The lowest BCUT2D eigenvalue weighted by Crippen LogP contribution is -2.45. The van der Waals surface area contributed by atoms with Crippen LogP contribution in [0.5, 0.6) is 0 Å². The van der Waals surface area contributed by atoms with Crippen LogP contribution in [0.15, 0.2) is 24.3 Å². The molecule has 1 aliphatic carbocycles. The minimum Gasteiger partial charge on any atom is -0.391 e. The maximum atomic E-state index is 12.4. The fourth-order valence-electron chi connectivity index (χ4n) is 2.68. The number of nitrogens with zero attached hydrogens (tertiary/aromatic N) is 1. The number of benzene rings is 1. The number of likely N-dealkylation sites (tertiary alicyclic amines) is 1. The largest absolute Gasteiger partial charge is 0.391 e. The fourth-order valence-corrected chi connectivity index (χ4v) is 2.68. The molecule has 0 aromatic heterocycles. The molecule has 3 rings (SSSR count). The number of piperidine rings is 1. The molecule has 118 valence electrons. The van der Waals surface area contributed by atoms with Crippen LogP contribution in [0.25, 0.3) is 0 Å². The summed E-state index contributed by atoms with van der Waals surface area (Å²) in [4.78, 5) is 26.0. The molecule has 1 saturated carbocycles. The van der Waals surface area contributed by atoms with Gasteiger partial charge in [0.2, 0.25) is 0 Å². The van der Waals surface area contributed by atoms with E-state index >= 15 is 0 Å². The zero-order chi connectivity index (χ0) is 15.7. The normalized spacial score (nSPS) is 24.9. The van der Waals surface area contributed by atoms with Crippen molar-refractivity contribution in [1.82, 2.24) is 10.2 Å². The van der Waals surface area contributed by atoms with Gasteiger partial charge in [-0.15, -0.1) is 0 Å². The van der Waals surface area contributed by atoms with E-state index in [4.69, 9.17) is 0 Å². The van der Waals surface area contributed by atoms with Crippen LogP contribution in [-0.4, -0.2) is 47.1 Å². The molecule has 5 heteroatoms. The molecule has 1 saturated heterocycles. The highest BCUT2D eigenvalue weighted by Crippen LogP contribution is 2.20. The summed E-state index contributed by atoms with van der Waals surface area (Å²) >= 11 is 0. The second-order valence-electron chi connectivity index (χ2n) is 6.41. The Morgan fingerprint density at radius 2 is 1.77 bits per heavy atom. The molecule has 0 radical (unpaired) electrons. The number of aliphatic hydroxyl groups is 1. The number of β-amino-alcohol motifs (C(OH)–C–C–N with tert-alkyl or cyclic N) is 1. The highest BCUT2D eigenvalue weighted by atomic mass is 16.3. The summed E-state index contributed by atoms with van der Waals surface area (Å²) in [6, 6.07) is 7.08. The lowest BCUT2D eigenvalue weighted by Gasteiger charge is -2.34. The summed E-state index contributed by atoms with van der Waals surface area (Å²) in [5, 5.41) is 12.8. The summed E-state index contributed by atoms with van der Waals surface area (Å²) < 4.78 is 0. The van der Waals surface area contributed by atoms with E-state index in [0.29, 0.717) is 30.3 Å². The van der Waals surface area contributed by atoms with E-state index in [-0.39, 0.29) is 17.7 Å². The number of carbonyl (C=O) groups is 2. The van der Waals surface area contributed by atoms with Gasteiger partial charge in [0, 0.05) is 30.3 Å². The van der Waals surface area contributed by atoms with Gasteiger partial charge in [-0.25, -0.2) is 0 Å². The standard InChI is InChI=1S/C17H22N2O3/c1-11-8-9-19(10-15(11)20)17(22)13-4-2-12(3-5-13)16(21)18-14-6-7-14/h2-5,11,14-15,20H,6-10H2,1H3,(H,18,21). The Balaban J connectivity index is 1.64. The predicted molar refractivity (Wildman–Crippen MR) is 82.6 cm³/mol. The molecule has 2 aliphatic rings. The van der Waals surface area contributed by atoms with Crippen molar-refractivity contribution in [3.8, 4) is 0 Å². The van der Waals surface area contributed by atoms with Crippen molar-refractivity contribution >= 4 is 11.8 Å². The van der Waals surface area contributed by atoms with Crippen molar-refractivity contribution < 1.29 is 14.7 Å². The SMILES string of the molecule is CC1CCN(C(=O)c2ccc(C(=O)NC3CC3)cc2)CC1O. The molecule has 0 spiro atoms. The first-order valence-electron chi connectivity index (χ1n) is 7.93. The summed E-state index contributed by atoms with van der Waals surface area (Å²) in [7, 11) is 0. The molecule has 2 N–H and O–H groups in total. The second kappa shape index (κ2) is 6.08. The summed E-state index contributed by atoms with van der Waals surface area (Å²) in [6.45, 7) is 3.05. The van der Waals surface area contributed by atoms with E-state index in [2.05, 4.69) is 5.32 Å². The maximum Gasteiger partial charge on any atom is 0.253 e. The van der Waals surface area contributed by atoms with Gasteiger partial charge in [0.25, 0.3) is 11.8 Å². The van der Waals surface area contributed by atoms with E-state index in [1.54, 1.807) is 29.2 Å². The molecule has 1 heterocycles. The molecule has 1 aromatic rings. The molecule has 2 unspecified atom stereocenters. The van der Waals surface area contributed by atoms with Gasteiger partial charge in [-0.1, -0.05) is 6.92 Å². The smallest absolute Gasteiger partial charge is 0.253 e. The Morgan fingerprint density at radius 3 is 2.36 bits per heavy atom. The molecular weight excluding hydrogens is 280 g/mol. The van der Waals surface area contributed by atoms with E-state index in [1.165, 1.54) is 0 Å². The van der Waals surface area contributed by atoms with Gasteiger partial charge in [0.1, 0.15) is 0 Å². The van der Waals surface area contributed by atoms with E-state index in [1.807, 2.05) is 6.92 Å². The van der Waals surface area contributed by atoms with Crippen LogP contribution < -0.4 is 5.32 Å². The molecule has 1 aliphatic heterocycles. The number of carbonyl (C=O) groups excluding carboxylic acids is 2. The lowest BCUT2D eigenvalue weighted by atomic mass is 9.95. The Morgan fingerprint density at radius 1 is 1.14 bits per heavy atom. The van der Waals surface area contributed by atoms with Crippen LogP contribution in [0.1, 0.15) is 46.9 Å². The third-order valence-corrected chi connectivity index (χ3v) is 4.51. The highest BCUT2D eigenvalue weighted by molar-refractivity contribution is 5.98. The fraction of sp³-hybridized carbons (Fsp3) is 0.529. The molecule has 0 bridgehead atoms. The molecule has 2 atom stereocenters. The second-order valence-corrected chi connectivity index (χ2v) is 6.41. The molecule has 1 aromatic carbocycles. The minimum absolute atomic E-state index is 0.0799. The highest BCUT2D eigenvalue weighted by Gasteiger charge is 2.28. The van der Waals surface area contributed by atoms with Gasteiger partial charge < -0.3 is 15.3 Å². The Labute approximate surface area is 130 Å². The predicted octanol–water partition coefficient (Wildman–Crippen LogP) is 1.42. The number of nitrogens with one attached hydrogen (secondary N) is 1. The third kappa shape index (κ3) is 3.30. The summed E-state index contributed by atoms with van der Waals surface area (Å²) in [6.07, 6.45) is 2.46. The first kappa shape index (κ1) is 15.0. The summed E-state index contributed by atoms with van der Waals surface area (Å²) in [5.74, 6) is 0.0707. The van der Waals surface area contributed by atoms with Gasteiger partial charge in [-0.3, -0.25) is 9.59 Å². The van der Waals surface area contributed by atoms with Crippen LogP contribution in [-0.2, 0) is 0 Å². The van der Waals surface area contributed by atoms with Gasteiger partial charge in [-0.2, -0.15) is 0 Å². The molecule has 2 fully saturated rings. The average Bonchev–Trinajstić information content (AvgIpc) is 3.33. The van der Waals surface area contributed by atoms with Gasteiger partial charge in [0.15, 0.2) is 0 Å². The van der Waals surface area contributed by atoms with Crippen molar-refractivity contribution in [3.63, 3.8) is 0 Å². The van der Waals surface area contributed by atoms with Crippen molar-refractivity contribution in [3.05, 3.63) is 35.4 Å². The van der Waals surface area contributed by atoms with Crippen molar-refractivity contribution in [2.75, 3.05) is 13.1 Å². The van der Waals surface area contributed by atoms with Crippen LogP contribution >= 0.6 is 0 Å². The first-order valence-corrected chi connectivity index (χ1v) is 7.93. The van der Waals surface area contributed by atoms with Gasteiger partial charge in [-0.05, 0) is 49.4 Å². The first-order chi connectivity index (χ1) is 10.5. The topological polar surface area (TPSA) is 69.6 Å². The number of aliphatic hydroxyl groups excluding tert-OH is 1. The summed E-state index contributed by atoms with van der Waals surface area (Å²) in [5.41, 5.74) is 1.14. The molecule has 22 heavy (non-hydrogen) atoms. The van der Waals surface area contributed by atoms with Crippen molar-refractivity contribution in [1.29, 1.82) is 0 Å². The van der Waals surface area contributed by atoms with E-state index in [0.717, 1.165) is 19.3 Å². The van der Waals surface area contributed by atoms with E-state index in [9.17, 15) is 14.7 Å². The Bertz CT molecular complexity index is 566. The minimum atomic E-state index is -0.457. The zero-order valence-electron chi connectivity index (χ0n) is 12.8. The van der Waals surface area contributed by atoms with Crippen LogP contribution in [0, 0.1) is 5.92 Å². The quantitative estimate of drug-likeness (QED) is 0.887. The number of rotatable bonds is 3. The third-order valence-electron chi connectivity index (χ3n) is 4.51. The average molecular weight is 302 g/mol. The Kier molecular flexibility index (Phi) is 4.16. The number of hydrogen-bond donors (Lipinski definition) is 2. The van der Waals surface area contributed by atoms with Gasteiger partial charge in [0.05, 0.1) is 6.10 Å². The number of hydrogen-bond acceptors (Lipinski definition) is 3.